The molecule has 1 fully saturated rings. The number of pyridine rings is 1. The Bertz CT molecular complexity index is 582. The van der Waals surface area contributed by atoms with Gasteiger partial charge in [-0.05, 0) is 25.0 Å². The lowest BCUT2D eigenvalue weighted by Gasteiger charge is -2.21. The number of rotatable bonds is 4. The predicted molar refractivity (Wildman–Crippen MR) is 62.1 cm³/mol. The summed E-state index contributed by atoms with van der Waals surface area (Å²) in [6.45, 7) is 0. The third kappa shape index (κ3) is 2.52. The van der Waals surface area contributed by atoms with Crippen molar-refractivity contribution in [1.29, 1.82) is 0 Å². The molecule has 0 spiro atoms. The maximum absolute atomic E-state index is 12.8. The molecule has 1 saturated carbocycles. The number of nitrogens with zero attached hydrogens (tertiary/aromatic N) is 1. The minimum absolute atomic E-state index is 0.00738. The second-order valence-electron chi connectivity index (χ2n) is 4.29. The van der Waals surface area contributed by atoms with Crippen molar-refractivity contribution in [2.24, 2.45) is 0 Å². The van der Waals surface area contributed by atoms with E-state index in [1.165, 1.54) is 25.4 Å². The first-order valence-electron chi connectivity index (χ1n) is 5.45. The lowest BCUT2D eigenvalue weighted by molar-refractivity contribution is -0.160. The van der Waals surface area contributed by atoms with Crippen LogP contribution < -0.4 is 10.0 Å². The van der Waals surface area contributed by atoms with E-state index in [0.717, 1.165) is 0 Å². The van der Waals surface area contributed by atoms with Crippen molar-refractivity contribution in [2.75, 3.05) is 12.4 Å². The van der Waals surface area contributed by atoms with E-state index in [4.69, 9.17) is 0 Å². The molecule has 0 radical (unpaired) electrons. The number of halogens is 3. The van der Waals surface area contributed by atoms with Crippen molar-refractivity contribution in [1.82, 2.24) is 9.71 Å². The molecule has 5 nitrogen and oxygen atoms in total. The number of nitrogens with one attached hydrogen (secondary N) is 2. The van der Waals surface area contributed by atoms with Crippen LogP contribution in [0.25, 0.3) is 0 Å². The molecule has 1 aromatic heterocycles. The monoisotopic (exact) mass is 295 g/mol. The van der Waals surface area contributed by atoms with Crippen LogP contribution in [-0.2, 0) is 10.0 Å². The van der Waals surface area contributed by atoms with E-state index in [2.05, 4.69) is 10.3 Å². The van der Waals surface area contributed by atoms with Gasteiger partial charge in [-0.15, -0.1) is 0 Å². The lowest BCUT2D eigenvalue weighted by Crippen LogP contribution is -2.47. The van der Waals surface area contributed by atoms with Crippen molar-refractivity contribution in [3.8, 4) is 0 Å². The van der Waals surface area contributed by atoms with Gasteiger partial charge in [-0.25, -0.2) is 13.4 Å². The molecule has 0 bridgehead atoms. The van der Waals surface area contributed by atoms with Gasteiger partial charge in [-0.1, -0.05) is 0 Å². The van der Waals surface area contributed by atoms with Crippen LogP contribution in [0.3, 0.4) is 0 Å². The van der Waals surface area contributed by atoms with Gasteiger partial charge in [0.25, 0.3) is 0 Å². The molecule has 9 heteroatoms. The number of sulfonamides is 1. The van der Waals surface area contributed by atoms with Crippen LogP contribution in [0.5, 0.6) is 0 Å². The highest BCUT2D eigenvalue weighted by Gasteiger charge is 2.65. The quantitative estimate of drug-likeness (QED) is 0.883. The highest BCUT2D eigenvalue weighted by molar-refractivity contribution is 7.89. The van der Waals surface area contributed by atoms with Gasteiger partial charge in [0.1, 0.15) is 16.3 Å². The molecule has 0 aliphatic heterocycles. The van der Waals surface area contributed by atoms with E-state index < -0.39 is 21.7 Å². The summed E-state index contributed by atoms with van der Waals surface area (Å²) in [5.41, 5.74) is -2.33. The van der Waals surface area contributed by atoms with Crippen LogP contribution in [-0.4, -0.2) is 32.2 Å². The second-order valence-corrected chi connectivity index (χ2v) is 5.94. The Morgan fingerprint density at radius 1 is 1.37 bits per heavy atom. The number of hydrogen-bond acceptors (Lipinski definition) is 4. The largest absolute Gasteiger partial charge is 0.407 e. The van der Waals surface area contributed by atoms with Crippen LogP contribution in [0.15, 0.2) is 23.2 Å². The third-order valence-electron chi connectivity index (χ3n) is 2.92. The van der Waals surface area contributed by atoms with E-state index in [9.17, 15) is 21.6 Å². The van der Waals surface area contributed by atoms with Crippen molar-refractivity contribution in [3.05, 3.63) is 18.3 Å². The van der Waals surface area contributed by atoms with Crippen LogP contribution >= 0.6 is 0 Å². The van der Waals surface area contributed by atoms with Gasteiger partial charge in [0.15, 0.2) is 0 Å². The highest BCUT2D eigenvalue weighted by Crippen LogP contribution is 2.49. The Hall–Kier alpha value is -1.35. The molecule has 19 heavy (non-hydrogen) atoms. The third-order valence-corrected chi connectivity index (χ3v) is 4.49. The van der Waals surface area contributed by atoms with E-state index in [1.807, 2.05) is 0 Å². The predicted octanol–water partition coefficient (Wildman–Crippen LogP) is 1.50. The molecule has 0 amide bonds. The highest BCUT2D eigenvalue weighted by atomic mass is 32.2. The van der Waals surface area contributed by atoms with Crippen molar-refractivity contribution >= 4 is 15.8 Å². The zero-order valence-electron chi connectivity index (χ0n) is 9.95. The molecule has 0 aromatic carbocycles. The lowest BCUT2D eigenvalue weighted by atomic mass is 10.3. The fourth-order valence-electron chi connectivity index (χ4n) is 1.68. The van der Waals surface area contributed by atoms with Gasteiger partial charge in [0, 0.05) is 13.2 Å². The first-order chi connectivity index (χ1) is 8.72. The number of alkyl halides is 3. The van der Waals surface area contributed by atoms with Crippen molar-refractivity contribution < 1.29 is 21.6 Å². The fraction of sp³-hybridized carbons (Fsp3) is 0.500. The molecule has 0 atom stereocenters. The Balaban J connectivity index is 2.34. The van der Waals surface area contributed by atoms with Crippen LogP contribution in [0, 0.1) is 0 Å². The fourth-order valence-corrected chi connectivity index (χ4v) is 3.29. The topological polar surface area (TPSA) is 71.1 Å². The zero-order chi connectivity index (χ0) is 14.3. The summed E-state index contributed by atoms with van der Waals surface area (Å²) >= 11 is 0. The van der Waals surface area contributed by atoms with Gasteiger partial charge in [0.05, 0.1) is 0 Å². The Labute approximate surface area is 108 Å². The molecule has 0 saturated heterocycles. The average molecular weight is 295 g/mol. The number of anilines is 1. The molecule has 2 rings (SSSR count). The zero-order valence-corrected chi connectivity index (χ0v) is 10.8. The van der Waals surface area contributed by atoms with Crippen LogP contribution in [0.4, 0.5) is 19.0 Å². The van der Waals surface area contributed by atoms with Crippen molar-refractivity contribution in [2.45, 2.75) is 29.5 Å². The number of aromatic nitrogens is 1. The van der Waals surface area contributed by atoms with Gasteiger partial charge >= 0.3 is 6.18 Å². The van der Waals surface area contributed by atoms with Crippen LogP contribution in [0.2, 0.25) is 0 Å². The maximum Gasteiger partial charge on any atom is 0.407 e. The Kier molecular flexibility index (Phi) is 3.21. The molecule has 1 heterocycles. The molecular formula is C10H12F3N3O2S. The summed E-state index contributed by atoms with van der Waals surface area (Å²) in [6.07, 6.45) is -3.74. The van der Waals surface area contributed by atoms with E-state index in [0.29, 0.717) is 0 Å². The second kappa shape index (κ2) is 4.34. The summed E-state index contributed by atoms with van der Waals surface area (Å²) < 4.78 is 64.1. The van der Waals surface area contributed by atoms with Gasteiger partial charge in [-0.3, -0.25) is 0 Å². The van der Waals surface area contributed by atoms with E-state index in [-0.39, 0.29) is 23.6 Å². The van der Waals surface area contributed by atoms with Crippen LogP contribution in [0.1, 0.15) is 12.8 Å². The van der Waals surface area contributed by atoms with Gasteiger partial charge in [-0.2, -0.15) is 17.9 Å². The molecule has 0 unspecified atom stereocenters. The summed E-state index contributed by atoms with van der Waals surface area (Å²) in [5.74, 6) is 0.00738. The summed E-state index contributed by atoms with van der Waals surface area (Å²) in [4.78, 5) is 3.47. The molecule has 1 aromatic rings. The Morgan fingerprint density at radius 2 is 2.00 bits per heavy atom. The minimum atomic E-state index is -4.60. The SMILES string of the molecule is CNc1ncccc1S(=O)(=O)NC1(C(F)(F)F)CC1. The van der Waals surface area contributed by atoms with E-state index in [1.54, 1.807) is 4.72 Å². The normalized spacial score (nSPS) is 18.1. The minimum Gasteiger partial charge on any atom is -0.372 e. The molecule has 1 aliphatic carbocycles. The molecule has 2 N–H and O–H groups in total. The molecule has 1 aliphatic rings. The van der Waals surface area contributed by atoms with Crippen molar-refractivity contribution in [3.63, 3.8) is 0 Å². The molecule has 106 valence electrons. The Morgan fingerprint density at radius 3 is 2.47 bits per heavy atom. The maximum atomic E-state index is 12.8. The van der Waals surface area contributed by atoms with Gasteiger partial charge < -0.3 is 5.32 Å². The van der Waals surface area contributed by atoms with E-state index >= 15 is 0 Å². The molecular weight excluding hydrogens is 283 g/mol. The number of hydrogen-bond donors (Lipinski definition) is 2. The average Bonchev–Trinajstić information content (AvgIpc) is 3.08. The summed E-state index contributed by atoms with van der Waals surface area (Å²) in [7, 11) is -2.83. The first kappa shape index (κ1) is 14.1. The summed E-state index contributed by atoms with van der Waals surface area (Å²) in [5, 5.41) is 2.54. The summed E-state index contributed by atoms with van der Waals surface area (Å²) in [6, 6.07) is 2.55. The standard InChI is InChI=1S/C10H12F3N3O2S/c1-14-8-7(3-2-6-15-8)19(17,18)16-9(4-5-9)10(11,12)13/h2-3,6,16H,4-5H2,1H3,(H,14,15). The smallest absolute Gasteiger partial charge is 0.372 e. The first-order valence-corrected chi connectivity index (χ1v) is 6.94. The van der Waals surface area contributed by atoms with Gasteiger partial charge in [0.2, 0.25) is 10.0 Å².